The highest BCUT2D eigenvalue weighted by atomic mass is 16.5. The summed E-state index contributed by atoms with van der Waals surface area (Å²) in [6.45, 7) is 2.97. The van der Waals surface area contributed by atoms with E-state index in [0.29, 0.717) is 11.5 Å². The molecule has 1 rings (SSSR count). The van der Waals surface area contributed by atoms with Gasteiger partial charge in [-0.25, -0.2) is 0 Å². The highest BCUT2D eigenvalue weighted by molar-refractivity contribution is 5.47. The van der Waals surface area contributed by atoms with Crippen LogP contribution in [-0.4, -0.2) is 27.8 Å². The van der Waals surface area contributed by atoms with Gasteiger partial charge in [0, 0.05) is 0 Å². The Labute approximate surface area is 121 Å². The number of ether oxygens (including phenoxy) is 2. The van der Waals surface area contributed by atoms with Gasteiger partial charge in [0.1, 0.15) is 0 Å². The van der Waals surface area contributed by atoms with E-state index in [1.54, 1.807) is 14.2 Å². The van der Waals surface area contributed by atoms with E-state index in [9.17, 15) is 5.26 Å². The molecule has 0 radical (unpaired) electrons. The van der Waals surface area contributed by atoms with Gasteiger partial charge in [0.15, 0.2) is 11.5 Å². The molecule has 4 heteroatoms. The van der Waals surface area contributed by atoms with Crippen molar-refractivity contribution >= 4 is 0 Å². The highest BCUT2D eigenvalue weighted by Crippen LogP contribution is 2.37. The molecule has 0 bridgehead atoms. The average molecular weight is 276 g/mol. The molecule has 0 heterocycles. The van der Waals surface area contributed by atoms with Crippen molar-refractivity contribution in [3.63, 3.8) is 0 Å². The predicted molar refractivity (Wildman–Crippen MR) is 80.3 cm³/mol. The molecule has 0 unspecified atom stereocenters. The smallest absolute Gasteiger partial charge is 0.161 e. The highest BCUT2D eigenvalue weighted by Gasteiger charge is 2.30. The SMILES string of the molecule is CC[C@](C#N)(CCCNC)c1ccc(OC)c(OC)c1. The van der Waals surface area contributed by atoms with Gasteiger partial charge < -0.3 is 14.8 Å². The summed E-state index contributed by atoms with van der Waals surface area (Å²) < 4.78 is 10.6. The first kappa shape index (κ1) is 16.3. The van der Waals surface area contributed by atoms with Gasteiger partial charge in [-0.3, -0.25) is 0 Å². The first-order valence-electron chi connectivity index (χ1n) is 6.95. The Hall–Kier alpha value is -1.73. The number of nitriles is 1. The third-order valence-corrected chi connectivity index (χ3v) is 3.78. The van der Waals surface area contributed by atoms with Crippen LogP contribution in [0.3, 0.4) is 0 Å². The van der Waals surface area contributed by atoms with Gasteiger partial charge in [-0.15, -0.1) is 0 Å². The molecule has 4 nitrogen and oxygen atoms in total. The van der Waals surface area contributed by atoms with Crippen LogP contribution in [-0.2, 0) is 5.41 Å². The first-order chi connectivity index (χ1) is 9.67. The molecule has 0 aromatic heterocycles. The van der Waals surface area contributed by atoms with Crippen molar-refractivity contribution < 1.29 is 9.47 Å². The van der Waals surface area contributed by atoms with Crippen LogP contribution in [0.4, 0.5) is 0 Å². The van der Waals surface area contributed by atoms with E-state index in [0.717, 1.165) is 31.4 Å². The fourth-order valence-electron chi connectivity index (χ4n) is 2.43. The van der Waals surface area contributed by atoms with Crippen LogP contribution in [0.1, 0.15) is 31.7 Å². The van der Waals surface area contributed by atoms with Crippen LogP contribution in [0.2, 0.25) is 0 Å². The number of rotatable bonds is 8. The van der Waals surface area contributed by atoms with Gasteiger partial charge in [-0.1, -0.05) is 13.0 Å². The summed E-state index contributed by atoms with van der Waals surface area (Å²) in [5.74, 6) is 1.36. The molecular weight excluding hydrogens is 252 g/mol. The van der Waals surface area contributed by atoms with Crippen molar-refractivity contribution in [2.75, 3.05) is 27.8 Å². The Morgan fingerprint density at radius 1 is 1.25 bits per heavy atom. The average Bonchev–Trinajstić information content (AvgIpc) is 2.51. The molecule has 1 aromatic carbocycles. The van der Waals surface area contributed by atoms with Crippen molar-refractivity contribution in [2.24, 2.45) is 0 Å². The minimum Gasteiger partial charge on any atom is -0.493 e. The lowest BCUT2D eigenvalue weighted by molar-refractivity contribution is 0.352. The molecular formula is C16H24N2O2. The molecule has 0 spiro atoms. The number of nitrogens with zero attached hydrogens (tertiary/aromatic N) is 1. The molecule has 20 heavy (non-hydrogen) atoms. The summed E-state index contributed by atoms with van der Waals surface area (Å²) in [6, 6.07) is 8.26. The van der Waals surface area contributed by atoms with E-state index < -0.39 is 5.41 Å². The van der Waals surface area contributed by atoms with Gasteiger partial charge in [-0.2, -0.15) is 5.26 Å². The Kier molecular flexibility index (Phi) is 6.33. The summed E-state index contributed by atoms with van der Waals surface area (Å²) >= 11 is 0. The molecule has 0 aliphatic rings. The normalized spacial score (nSPS) is 13.3. The quantitative estimate of drug-likeness (QED) is 0.742. The molecule has 110 valence electrons. The van der Waals surface area contributed by atoms with E-state index in [-0.39, 0.29) is 0 Å². The second-order valence-corrected chi connectivity index (χ2v) is 4.82. The van der Waals surface area contributed by atoms with E-state index in [1.165, 1.54) is 0 Å². The lowest BCUT2D eigenvalue weighted by atomic mass is 9.75. The Morgan fingerprint density at radius 2 is 1.95 bits per heavy atom. The molecule has 1 aromatic rings. The van der Waals surface area contributed by atoms with Gasteiger partial charge in [0.2, 0.25) is 0 Å². The summed E-state index contributed by atoms with van der Waals surface area (Å²) in [7, 11) is 5.15. The lowest BCUT2D eigenvalue weighted by Gasteiger charge is -2.26. The van der Waals surface area contributed by atoms with Crippen LogP contribution < -0.4 is 14.8 Å². The van der Waals surface area contributed by atoms with E-state index >= 15 is 0 Å². The maximum absolute atomic E-state index is 9.68. The van der Waals surface area contributed by atoms with Crippen molar-refractivity contribution in [1.82, 2.24) is 5.32 Å². The number of benzene rings is 1. The molecule has 0 saturated carbocycles. The number of hydrogen-bond donors (Lipinski definition) is 1. The lowest BCUT2D eigenvalue weighted by Crippen LogP contribution is -2.25. The molecule has 1 atom stereocenters. The zero-order valence-corrected chi connectivity index (χ0v) is 12.8. The first-order valence-corrected chi connectivity index (χ1v) is 6.95. The van der Waals surface area contributed by atoms with Crippen LogP contribution in [0, 0.1) is 11.3 Å². The Morgan fingerprint density at radius 3 is 2.45 bits per heavy atom. The van der Waals surface area contributed by atoms with Gasteiger partial charge >= 0.3 is 0 Å². The van der Waals surface area contributed by atoms with Crippen LogP contribution in [0.5, 0.6) is 11.5 Å². The third-order valence-electron chi connectivity index (χ3n) is 3.78. The fourth-order valence-corrected chi connectivity index (χ4v) is 2.43. The van der Waals surface area contributed by atoms with E-state index in [4.69, 9.17) is 9.47 Å². The third kappa shape index (κ3) is 3.43. The van der Waals surface area contributed by atoms with Gasteiger partial charge in [0.25, 0.3) is 0 Å². The van der Waals surface area contributed by atoms with Gasteiger partial charge in [0.05, 0.1) is 25.7 Å². The Bertz CT molecular complexity index is 468. The number of nitrogens with one attached hydrogen (secondary N) is 1. The predicted octanol–water partition coefficient (Wildman–Crippen LogP) is 2.87. The van der Waals surface area contributed by atoms with Crippen LogP contribution >= 0.6 is 0 Å². The fraction of sp³-hybridized carbons (Fsp3) is 0.562. The molecule has 1 N–H and O–H groups in total. The number of methoxy groups -OCH3 is 2. The van der Waals surface area contributed by atoms with Crippen molar-refractivity contribution in [2.45, 2.75) is 31.6 Å². The topological polar surface area (TPSA) is 54.3 Å². The maximum Gasteiger partial charge on any atom is 0.161 e. The van der Waals surface area contributed by atoms with Crippen LogP contribution in [0.25, 0.3) is 0 Å². The summed E-state index contributed by atoms with van der Waals surface area (Å²) in [6.07, 6.45) is 2.57. The molecule has 0 amide bonds. The van der Waals surface area contributed by atoms with Crippen molar-refractivity contribution in [3.05, 3.63) is 23.8 Å². The minimum absolute atomic E-state index is 0.462. The molecule has 0 aliphatic carbocycles. The van der Waals surface area contributed by atoms with E-state index in [2.05, 4.69) is 18.3 Å². The molecule has 0 fully saturated rings. The minimum atomic E-state index is -0.462. The second kappa shape index (κ2) is 7.76. The molecule has 0 saturated heterocycles. The Balaban J connectivity index is 3.11. The van der Waals surface area contributed by atoms with Crippen LogP contribution in [0.15, 0.2) is 18.2 Å². The monoisotopic (exact) mass is 276 g/mol. The summed E-state index contributed by atoms with van der Waals surface area (Å²) in [5.41, 5.74) is 0.535. The second-order valence-electron chi connectivity index (χ2n) is 4.82. The van der Waals surface area contributed by atoms with Crippen molar-refractivity contribution in [3.8, 4) is 17.6 Å². The van der Waals surface area contributed by atoms with E-state index in [1.807, 2.05) is 25.2 Å². The maximum atomic E-state index is 9.68. The zero-order chi connectivity index (χ0) is 15.0. The summed E-state index contributed by atoms with van der Waals surface area (Å²) in [5, 5.41) is 12.8. The standard InChI is InChI=1S/C16H24N2O2/c1-5-16(12-17,9-6-10-18-2)13-7-8-14(19-3)15(11-13)20-4/h7-8,11,18H,5-6,9-10H2,1-4H3/t16-/m1/s1. The largest absolute Gasteiger partial charge is 0.493 e. The van der Waals surface area contributed by atoms with Crippen molar-refractivity contribution in [1.29, 1.82) is 5.26 Å². The molecule has 0 aliphatic heterocycles. The summed E-state index contributed by atoms with van der Waals surface area (Å²) in [4.78, 5) is 0. The number of hydrogen-bond acceptors (Lipinski definition) is 4. The zero-order valence-electron chi connectivity index (χ0n) is 12.8. The van der Waals surface area contributed by atoms with Gasteiger partial charge in [-0.05, 0) is 50.6 Å².